The molecule has 2 aromatic rings. The third-order valence-corrected chi connectivity index (χ3v) is 4.92. The average Bonchev–Trinajstić information content (AvgIpc) is 2.62. The largest absolute Gasteiger partial charge is 0.313 e. The van der Waals surface area contributed by atoms with E-state index in [1.807, 2.05) is 0 Å². The lowest BCUT2D eigenvalue weighted by Crippen LogP contribution is -2.43. The number of nitrogens with zero attached hydrogens (tertiary/aromatic N) is 1. The summed E-state index contributed by atoms with van der Waals surface area (Å²) in [6.07, 6.45) is 2.52. The van der Waals surface area contributed by atoms with Gasteiger partial charge in [-0.2, -0.15) is 0 Å². The summed E-state index contributed by atoms with van der Waals surface area (Å²) in [5, 5.41) is 3.78. The lowest BCUT2D eigenvalue weighted by Gasteiger charge is -2.33. The van der Waals surface area contributed by atoms with E-state index in [2.05, 4.69) is 77.8 Å². The number of likely N-dealkylation sites (tertiary alicyclic amines) is 1. The smallest absolute Gasteiger partial charge is 0.0233 e. The minimum absolute atomic E-state index is 0. The second-order valence-electron chi connectivity index (χ2n) is 6.76. The highest BCUT2D eigenvalue weighted by Gasteiger charge is 2.19. The van der Waals surface area contributed by atoms with E-state index in [-0.39, 0.29) is 24.8 Å². The predicted octanol–water partition coefficient (Wildman–Crippen LogP) is 4.89. The maximum Gasteiger partial charge on any atom is 0.0233 e. The Hall–Kier alpha value is -1.06. The zero-order valence-electron chi connectivity index (χ0n) is 14.9. The van der Waals surface area contributed by atoms with Crippen molar-refractivity contribution in [2.24, 2.45) is 0 Å². The Labute approximate surface area is 164 Å². The molecule has 2 nitrogen and oxygen atoms in total. The second-order valence-corrected chi connectivity index (χ2v) is 6.76. The first-order valence-corrected chi connectivity index (χ1v) is 8.86. The van der Waals surface area contributed by atoms with Crippen LogP contribution in [0.3, 0.4) is 0 Å². The molecule has 1 saturated heterocycles. The van der Waals surface area contributed by atoms with Crippen molar-refractivity contribution < 1.29 is 0 Å². The fourth-order valence-corrected chi connectivity index (χ4v) is 3.38. The van der Waals surface area contributed by atoms with Crippen LogP contribution in [0.15, 0.2) is 60.7 Å². The Morgan fingerprint density at radius 2 is 1.48 bits per heavy atom. The molecule has 25 heavy (non-hydrogen) atoms. The van der Waals surface area contributed by atoms with E-state index in [4.69, 9.17) is 0 Å². The van der Waals surface area contributed by atoms with Crippen molar-refractivity contribution >= 4 is 24.8 Å². The number of benzene rings is 2. The molecule has 138 valence electrons. The Morgan fingerprint density at radius 1 is 0.920 bits per heavy atom. The number of piperidine rings is 1. The van der Waals surface area contributed by atoms with Gasteiger partial charge in [0, 0.05) is 19.1 Å². The van der Waals surface area contributed by atoms with Crippen LogP contribution in [0.2, 0.25) is 0 Å². The van der Waals surface area contributed by atoms with Crippen LogP contribution in [-0.2, 0) is 6.54 Å². The van der Waals surface area contributed by atoms with Crippen molar-refractivity contribution in [2.75, 3.05) is 19.6 Å². The number of rotatable bonds is 6. The van der Waals surface area contributed by atoms with Gasteiger partial charge in [-0.05, 0) is 43.0 Å². The predicted molar refractivity (Wildman–Crippen MR) is 112 cm³/mol. The number of nitrogens with one attached hydrogen (secondary N) is 1. The van der Waals surface area contributed by atoms with Gasteiger partial charge in [0.25, 0.3) is 0 Å². The van der Waals surface area contributed by atoms with Gasteiger partial charge in [0.2, 0.25) is 0 Å². The molecule has 0 saturated carbocycles. The molecule has 2 aromatic carbocycles. The van der Waals surface area contributed by atoms with Crippen LogP contribution in [0.5, 0.6) is 0 Å². The van der Waals surface area contributed by atoms with E-state index in [0.717, 1.165) is 13.1 Å². The normalized spacial score (nSPS) is 16.5. The summed E-state index contributed by atoms with van der Waals surface area (Å²) < 4.78 is 0. The maximum absolute atomic E-state index is 3.78. The summed E-state index contributed by atoms with van der Waals surface area (Å²) in [5.74, 6) is 0.582. The highest BCUT2D eigenvalue weighted by molar-refractivity contribution is 5.85. The maximum atomic E-state index is 3.78. The van der Waals surface area contributed by atoms with Crippen molar-refractivity contribution in [3.8, 4) is 0 Å². The molecule has 0 aromatic heterocycles. The van der Waals surface area contributed by atoms with Crippen LogP contribution >= 0.6 is 24.8 Å². The Bertz CT molecular complexity index is 569. The van der Waals surface area contributed by atoms with Gasteiger partial charge in [-0.15, -0.1) is 24.8 Å². The van der Waals surface area contributed by atoms with Gasteiger partial charge in [0.15, 0.2) is 0 Å². The Morgan fingerprint density at radius 3 is 2.08 bits per heavy atom. The van der Waals surface area contributed by atoms with Crippen LogP contribution in [0.25, 0.3) is 0 Å². The summed E-state index contributed by atoms with van der Waals surface area (Å²) in [6.45, 7) is 6.88. The van der Waals surface area contributed by atoms with Gasteiger partial charge in [0.1, 0.15) is 0 Å². The number of hydrogen-bond acceptors (Lipinski definition) is 2. The molecular weight excluding hydrogens is 351 g/mol. The van der Waals surface area contributed by atoms with Crippen molar-refractivity contribution in [1.29, 1.82) is 0 Å². The molecule has 1 N–H and O–H groups in total. The highest BCUT2D eigenvalue weighted by Crippen LogP contribution is 2.17. The van der Waals surface area contributed by atoms with Crippen molar-refractivity contribution in [2.45, 2.75) is 38.3 Å². The molecule has 4 heteroatoms. The number of hydrogen-bond donors (Lipinski definition) is 1. The molecule has 0 bridgehead atoms. The molecule has 1 aliphatic rings. The van der Waals surface area contributed by atoms with E-state index >= 15 is 0 Å². The molecule has 3 rings (SSSR count). The average molecular weight is 381 g/mol. The molecule has 0 amide bonds. The van der Waals surface area contributed by atoms with Gasteiger partial charge in [-0.1, -0.05) is 67.6 Å². The van der Waals surface area contributed by atoms with E-state index in [0.29, 0.717) is 12.0 Å². The minimum atomic E-state index is 0. The SMILES string of the molecule is CC(CNC1CCN(Cc2ccccc2)CC1)c1ccccc1.Cl.Cl. The Kier molecular flexibility index (Phi) is 10.1. The molecule has 0 spiro atoms. The molecule has 1 atom stereocenters. The molecule has 1 unspecified atom stereocenters. The monoisotopic (exact) mass is 380 g/mol. The second kappa shape index (κ2) is 11.5. The van der Waals surface area contributed by atoms with Gasteiger partial charge < -0.3 is 5.32 Å². The molecule has 1 heterocycles. The lowest BCUT2D eigenvalue weighted by molar-refractivity contribution is 0.190. The lowest BCUT2D eigenvalue weighted by atomic mass is 9.99. The molecule has 0 radical (unpaired) electrons. The third kappa shape index (κ3) is 6.99. The summed E-state index contributed by atoms with van der Waals surface area (Å²) in [4.78, 5) is 2.58. The van der Waals surface area contributed by atoms with Crippen LogP contribution in [-0.4, -0.2) is 30.6 Å². The Balaban J connectivity index is 0.00000156. The summed E-state index contributed by atoms with van der Waals surface area (Å²) in [5.41, 5.74) is 2.86. The van der Waals surface area contributed by atoms with E-state index in [9.17, 15) is 0 Å². The topological polar surface area (TPSA) is 15.3 Å². The zero-order valence-corrected chi connectivity index (χ0v) is 16.6. The standard InChI is InChI=1S/C21H28N2.2ClH/c1-18(20-10-6-3-7-11-20)16-22-21-12-14-23(15-13-21)17-19-8-4-2-5-9-19;;/h2-11,18,21-22H,12-17H2,1H3;2*1H. The van der Waals surface area contributed by atoms with Crippen molar-refractivity contribution in [1.82, 2.24) is 10.2 Å². The first-order chi connectivity index (χ1) is 11.3. The van der Waals surface area contributed by atoms with Crippen LogP contribution < -0.4 is 5.32 Å². The molecule has 0 aliphatic carbocycles. The third-order valence-electron chi connectivity index (χ3n) is 4.92. The highest BCUT2D eigenvalue weighted by atomic mass is 35.5. The minimum Gasteiger partial charge on any atom is -0.313 e. The molecule has 1 fully saturated rings. The van der Waals surface area contributed by atoms with Gasteiger partial charge in [0.05, 0.1) is 0 Å². The van der Waals surface area contributed by atoms with Gasteiger partial charge in [-0.25, -0.2) is 0 Å². The molecule has 1 aliphatic heterocycles. The van der Waals surface area contributed by atoms with E-state index < -0.39 is 0 Å². The van der Waals surface area contributed by atoms with Crippen molar-refractivity contribution in [3.05, 3.63) is 71.8 Å². The van der Waals surface area contributed by atoms with Gasteiger partial charge in [-0.3, -0.25) is 4.90 Å². The molecular formula is C21H30Cl2N2. The summed E-state index contributed by atoms with van der Waals surface area (Å²) >= 11 is 0. The fraction of sp³-hybridized carbons (Fsp3) is 0.429. The van der Waals surface area contributed by atoms with Crippen molar-refractivity contribution in [3.63, 3.8) is 0 Å². The van der Waals surface area contributed by atoms with E-state index in [1.165, 1.54) is 37.1 Å². The van der Waals surface area contributed by atoms with Crippen LogP contribution in [0.4, 0.5) is 0 Å². The zero-order chi connectivity index (χ0) is 15.9. The fourth-order valence-electron chi connectivity index (χ4n) is 3.38. The van der Waals surface area contributed by atoms with Gasteiger partial charge >= 0.3 is 0 Å². The van der Waals surface area contributed by atoms with Crippen LogP contribution in [0, 0.1) is 0 Å². The first-order valence-electron chi connectivity index (χ1n) is 8.86. The summed E-state index contributed by atoms with van der Waals surface area (Å²) in [6, 6.07) is 22.3. The van der Waals surface area contributed by atoms with Crippen LogP contribution in [0.1, 0.15) is 36.8 Å². The number of halogens is 2. The van der Waals surface area contributed by atoms with E-state index in [1.54, 1.807) is 0 Å². The quantitative estimate of drug-likeness (QED) is 0.767. The first kappa shape index (κ1) is 22.0. The summed E-state index contributed by atoms with van der Waals surface area (Å²) in [7, 11) is 0.